The summed E-state index contributed by atoms with van der Waals surface area (Å²) in [5.74, 6) is 0.341. The van der Waals surface area contributed by atoms with Gasteiger partial charge in [0.15, 0.2) is 0 Å². The molecule has 0 bridgehead atoms. The molecular weight excluding hydrogens is 216 g/mol. The van der Waals surface area contributed by atoms with Gasteiger partial charge in [0.05, 0.1) is 13.0 Å². The number of methoxy groups -OCH3 is 1. The third kappa shape index (κ3) is 2.60. The molecule has 2 rings (SSSR count). The van der Waals surface area contributed by atoms with Gasteiger partial charge in [-0.15, -0.1) is 0 Å². The zero-order valence-electron chi connectivity index (χ0n) is 10.1. The Balaban J connectivity index is 2.18. The molecule has 2 atom stereocenters. The van der Waals surface area contributed by atoms with Crippen LogP contribution in [0.2, 0.25) is 0 Å². The monoisotopic (exact) mass is 234 g/mol. The molecule has 17 heavy (non-hydrogen) atoms. The van der Waals surface area contributed by atoms with E-state index >= 15 is 0 Å². The fourth-order valence-corrected chi connectivity index (χ4v) is 2.70. The van der Waals surface area contributed by atoms with Gasteiger partial charge in [0.2, 0.25) is 0 Å². The van der Waals surface area contributed by atoms with Crippen LogP contribution in [0.1, 0.15) is 37.2 Å². The van der Waals surface area contributed by atoms with Crippen molar-refractivity contribution in [3.8, 4) is 5.75 Å². The highest BCUT2D eigenvalue weighted by Crippen LogP contribution is 2.39. The van der Waals surface area contributed by atoms with Crippen molar-refractivity contribution in [2.75, 3.05) is 7.11 Å². The average Bonchev–Trinajstić information content (AvgIpc) is 2.39. The smallest absolute Gasteiger partial charge is 0.306 e. The highest BCUT2D eigenvalue weighted by Gasteiger charge is 2.29. The largest absolute Gasteiger partial charge is 0.496 e. The second-order valence-electron chi connectivity index (χ2n) is 4.64. The van der Waals surface area contributed by atoms with E-state index < -0.39 is 5.97 Å². The van der Waals surface area contributed by atoms with Crippen molar-refractivity contribution in [2.45, 2.75) is 31.6 Å². The minimum Gasteiger partial charge on any atom is -0.496 e. The van der Waals surface area contributed by atoms with Gasteiger partial charge in [-0.05, 0) is 36.8 Å². The van der Waals surface area contributed by atoms with Gasteiger partial charge in [-0.2, -0.15) is 0 Å². The molecule has 0 aromatic heterocycles. The molecule has 3 nitrogen and oxygen atoms in total. The average molecular weight is 234 g/mol. The number of benzene rings is 1. The van der Waals surface area contributed by atoms with Crippen LogP contribution in [0.4, 0.5) is 0 Å². The van der Waals surface area contributed by atoms with Gasteiger partial charge in [0.1, 0.15) is 5.75 Å². The summed E-state index contributed by atoms with van der Waals surface area (Å²) in [6.45, 7) is 0. The predicted octanol–water partition coefficient (Wildman–Crippen LogP) is 3.05. The minimum atomic E-state index is -0.662. The lowest BCUT2D eigenvalue weighted by Gasteiger charge is -2.27. The summed E-state index contributed by atoms with van der Waals surface area (Å²) < 4.78 is 5.35. The molecule has 1 saturated carbocycles. The normalized spacial score (nSPS) is 24.3. The third-order valence-corrected chi connectivity index (χ3v) is 3.60. The van der Waals surface area contributed by atoms with E-state index in [1.165, 1.54) is 0 Å². The van der Waals surface area contributed by atoms with Crippen molar-refractivity contribution in [2.24, 2.45) is 5.92 Å². The molecule has 0 spiro atoms. The van der Waals surface area contributed by atoms with Crippen LogP contribution in [-0.4, -0.2) is 18.2 Å². The molecule has 0 aliphatic heterocycles. The summed E-state index contributed by atoms with van der Waals surface area (Å²) in [6.07, 6.45) is 3.58. The van der Waals surface area contributed by atoms with Crippen LogP contribution in [0, 0.1) is 5.92 Å². The van der Waals surface area contributed by atoms with Crippen molar-refractivity contribution < 1.29 is 14.6 Å². The molecule has 0 radical (unpaired) electrons. The highest BCUT2D eigenvalue weighted by molar-refractivity contribution is 5.70. The quantitative estimate of drug-likeness (QED) is 0.874. The number of aliphatic carboxylic acids is 1. The maximum atomic E-state index is 11.1. The van der Waals surface area contributed by atoms with Gasteiger partial charge < -0.3 is 9.84 Å². The number of carbonyl (C=O) groups is 1. The Bertz CT molecular complexity index is 400. The molecule has 1 N–H and O–H groups in total. The van der Waals surface area contributed by atoms with Gasteiger partial charge in [0.25, 0.3) is 0 Å². The van der Waals surface area contributed by atoms with Gasteiger partial charge in [-0.1, -0.05) is 24.6 Å². The van der Waals surface area contributed by atoms with Crippen molar-refractivity contribution in [3.05, 3.63) is 29.8 Å². The summed E-state index contributed by atoms with van der Waals surface area (Å²) in [6, 6.07) is 7.93. The van der Waals surface area contributed by atoms with E-state index in [4.69, 9.17) is 9.84 Å². The third-order valence-electron chi connectivity index (χ3n) is 3.60. The summed E-state index contributed by atoms with van der Waals surface area (Å²) in [7, 11) is 1.66. The number of carboxylic acid groups (broad SMARTS) is 1. The Morgan fingerprint density at radius 3 is 2.82 bits per heavy atom. The SMILES string of the molecule is COc1ccccc1C1CCCC(C(=O)O)C1. The molecule has 1 aromatic carbocycles. The van der Waals surface area contributed by atoms with Crippen LogP contribution in [0.3, 0.4) is 0 Å². The first-order valence-electron chi connectivity index (χ1n) is 6.08. The molecule has 0 amide bonds. The van der Waals surface area contributed by atoms with Crippen LogP contribution in [0.15, 0.2) is 24.3 Å². The van der Waals surface area contributed by atoms with Crippen LogP contribution in [-0.2, 0) is 4.79 Å². The van der Waals surface area contributed by atoms with Crippen LogP contribution in [0.5, 0.6) is 5.75 Å². The van der Waals surface area contributed by atoms with E-state index in [-0.39, 0.29) is 5.92 Å². The van der Waals surface area contributed by atoms with Crippen molar-refractivity contribution in [3.63, 3.8) is 0 Å². The Morgan fingerprint density at radius 2 is 2.12 bits per heavy atom. The second kappa shape index (κ2) is 5.21. The maximum Gasteiger partial charge on any atom is 0.306 e. The van der Waals surface area contributed by atoms with Crippen molar-refractivity contribution in [1.29, 1.82) is 0 Å². The fourth-order valence-electron chi connectivity index (χ4n) is 2.70. The van der Waals surface area contributed by atoms with E-state index in [1.54, 1.807) is 7.11 Å². The molecule has 0 heterocycles. The second-order valence-corrected chi connectivity index (χ2v) is 4.64. The van der Waals surface area contributed by atoms with E-state index in [0.717, 1.165) is 37.0 Å². The molecule has 0 saturated heterocycles. The summed E-state index contributed by atoms with van der Waals surface area (Å²) >= 11 is 0. The standard InChI is InChI=1S/C14H18O3/c1-17-13-8-3-2-7-12(13)10-5-4-6-11(9-10)14(15)16/h2-3,7-8,10-11H,4-6,9H2,1H3,(H,15,16). The first-order chi connectivity index (χ1) is 8.22. The van der Waals surface area contributed by atoms with Crippen molar-refractivity contribution in [1.82, 2.24) is 0 Å². The van der Waals surface area contributed by atoms with Crippen molar-refractivity contribution >= 4 is 5.97 Å². The maximum absolute atomic E-state index is 11.1. The van der Waals surface area contributed by atoms with E-state index in [0.29, 0.717) is 5.92 Å². The zero-order chi connectivity index (χ0) is 12.3. The molecule has 1 fully saturated rings. The minimum absolute atomic E-state index is 0.196. The Hall–Kier alpha value is -1.51. The van der Waals surface area contributed by atoms with Crippen LogP contribution in [0.25, 0.3) is 0 Å². The fraction of sp³-hybridized carbons (Fsp3) is 0.500. The number of hydrogen-bond acceptors (Lipinski definition) is 2. The number of para-hydroxylation sites is 1. The first kappa shape index (κ1) is 12.0. The van der Waals surface area contributed by atoms with E-state index in [1.807, 2.05) is 24.3 Å². The Morgan fingerprint density at radius 1 is 1.35 bits per heavy atom. The topological polar surface area (TPSA) is 46.5 Å². The van der Waals surface area contributed by atoms with Gasteiger partial charge in [-0.25, -0.2) is 0 Å². The lowest BCUT2D eigenvalue weighted by atomic mass is 9.78. The number of rotatable bonds is 3. The first-order valence-corrected chi connectivity index (χ1v) is 6.08. The van der Waals surface area contributed by atoms with Crippen LogP contribution < -0.4 is 4.74 Å². The molecule has 1 aliphatic rings. The van der Waals surface area contributed by atoms with Gasteiger partial charge in [0, 0.05) is 0 Å². The zero-order valence-corrected chi connectivity index (χ0v) is 10.1. The molecule has 92 valence electrons. The van der Waals surface area contributed by atoms with E-state index in [9.17, 15) is 4.79 Å². The Labute approximate surface area is 101 Å². The molecular formula is C14H18O3. The summed E-state index contributed by atoms with van der Waals surface area (Å²) in [5.41, 5.74) is 1.15. The van der Waals surface area contributed by atoms with E-state index in [2.05, 4.69) is 0 Å². The summed E-state index contributed by atoms with van der Waals surface area (Å²) in [5, 5.41) is 9.10. The predicted molar refractivity (Wildman–Crippen MR) is 65.3 cm³/mol. The summed E-state index contributed by atoms with van der Waals surface area (Å²) in [4.78, 5) is 11.1. The van der Waals surface area contributed by atoms with Crippen LogP contribution >= 0.6 is 0 Å². The lowest BCUT2D eigenvalue weighted by Crippen LogP contribution is -2.21. The molecule has 2 unspecified atom stereocenters. The molecule has 1 aliphatic carbocycles. The molecule has 3 heteroatoms. The lowest BCUT2D eigenvalue weighted by molar-refractivity contribution is -0.143. The number of hydrogen-bond donors (Lipinski definition) is 1. The Kier molecular flexibility index (Phi) is 3.67. The number of carboxylic acids is 1. The van der Waals surface area contributed by atoms with Gasteiger partial charge >= 0.3 is 5.97 Å². The number of ether oxygens (including phenoxy) is 1. The highest BCUT2D eigenvalue weighted by atomic mass is 16.5. The van der Waals surface area contributed by atoms with Gasteiger partial charge in [-0.3, -0.25) is 4.79 Å². The molecule has 1 aromatic rings.